The average molecular weight is 713 g/mol. The number of aryl methyl sites for hydroxylation is 5. The molecule has 0 saturated heterocycles. The second kappa shape index (κ2) is 16.0. The van der Waals surface area contributed by atoms with E-state index in [1.807, 2.05) is 24.3 Å². The SMILES string of the molecule is C=CC(=O)Oc1ccc(N(c2ccc(C(C)(CC(C)C)c3ccc(N(c4ccc(C)cc4)c4ccc(C)cc4C)cc3)cc2)c2ccc(C)cc2C)cc1. The third-order valence-corrected chi connectivity index (χ3v) is 10.3. The Labute approximate surface area is 322 Å². The normalized spacial score (nSPS) is 12.2. The summed E-state index contributed by atoms with van der Waals surface area (Å²) in [7, 11) is 0. The Balaban J connectivity index is 1.38. The fraction of sp³-hybridized carbons (Fsp3) is 0.220. The Morgan fingerprint density at radius 1 is 0.593 bits per heavy atom. The monoisotopic (exact) mass is 712 g/mol. The van der Waals surface area contributed by atoms with Gasteiger partial charge in [0.05, 0.1) is 0 Å². The maximum Gasteiger partial charge on any atom is 0.335 e. The van der Waals surface area contributed by atoms with E-state index in [4.69, 9.17) is 4.74 Å². The van der Waals surface area contributed by atoms with Crippen LogP contribution in [0.1, 0.15) is 66.1 Å². The van der Waals surface area contributed by atoms with Crippen LogP contribution in [-0.2, 0) is 10.2 Å². The summed E-state index contributed by atoms with van der Waals surface area (Å²) in [6, 6.07) is 47.8. The number of nitrogens with zero attached hydrogens (tertiary/aromatic N) is 2. The molecule has 0 aliphatic rings. The Kier molecular flexibility index (Phi) is 11.2. The summed E-state index contributed by atoms with van der Waals surface area (Å²) in [6.07, 6.45) is 2.17. The van der Waals surface area contributed by atoms with Gasteiger partial charge in [0.2, 0.25) is 0 Å². The van der Waals surface area contributed by atoms with Crippen LogP contribution in [-0.4, -0.2) is 5.97 Å². The van der Waals surface area contributed by atoms with Gasteiger partial charge in [0, 0.05) is 45.6 Å². The van der Waals surface area contributed by atoms with Gasteiger partial charge in [0.25, 0.3) is 0 Å². The fourth-order valence-corrected chi connectivity index (χ4v) is 7.66. The molecule has 0 heterocycles. The van der Waals surface area contributed by atoms with Crippen LogP contribution < -0.4 is 14.5 Å². The van der Waals surface area contributed by atoms with Crippen LogP contribution in [0.2, 0.25) is 0 Å². The van der Waals surface area contributed by atoms with E-state index >= 15 is 0 Å². The van der Waals surface area contributed by atoms with Crippen LogP contribution in [0.25, 0.3) is 0 Å². The topological polar surface area (TPSA) is 32.8 Å². The van der Waals surface area contributed by atoms with Crippen LogP contribution in [0.4, 0.5) is 34.1 Å². The smallest absolute Gasteiger partial charge is 0.335 e. The molecule has 274 valence electrons. The third kappa shape index (κ3) is 8.19. The lowest BCUT2D eigenvalue weighted by Gasteiger charge is -2.34. The largest absolute Gasteiger partial charge is 0.423 e. The molecule has 0 amide bonds. The highest BCUT2D eigenvalue weighted by Gasteiger charge is 2.31. The Morgan fingerprint density at radius 3 is 1.33 bits per heavy atom. The molecule has 0 aliphatic heterocycles. The molecule has 6 rings (SSSR count). The van der Waals surface area contributed by atoms with Crippen molar-refractivity contribution >= 4 is 40.1 Å². The van der Waals surface area contributed by atoms with E-state index < -0.39 is 5.97 Å². The van der Waals surface area contributed by atoms with Crippen LogP contribution in [0, 0.1) is 40.5 Å². The maximum atomic E-state index is 11.8. The van der Waals surface area contributed by atoms with Gasteiger partial charge in [0.15, 0.2) is 0 Å². The van der Waals surface area contributed by atoms with E-state index in [9.17, 15) is 4.79 Å². The van der Waals surface area contributed by atoms with Gasteiger partial charge < -0.3 is 14.5 Å². The lowest BCUT2D eigenvalue weighted by Crippen LogP contribution is -2.26. The summed E-state index contributed by atoms with van der Waals surface area (Å²) >= 11 is 0. The maximum absolute atomic E-state index is 11.8. The Hall–Kier alpha value is -5.87. The van der Waals surface area contributed by atoms with E-state index in [1.165, 1.54) is 50.7 Å². The number of hydrogen-bond acceptors (Lipinski definition) is 4. The van der Waals surface area contributed by atoms with Crippen molar-refractivity contribution in [1.29, 1.82) is 0 Å². The Bertz CT molecular complexity index is 2230. The zero-order valence-corrected chi connectivity index (χ0v) is 33.0. The highest BCUT2D eigenvalue weighted by molar-refractivity contribution is 5.84. The van der Waals surface area contributed by atoms with Crippen molar-refractivity contribution in [3.8, 4) is 5.75 Å². The highest BCUT2D eigenvalue weighted by Crippen LogP contribution is 2.43. The first-order chi connectivity index (χ1) is 25.9. The van der Waals surface area contributed by atoms with Crippen molar-refractivity contribution in [2.45, 2.75) is 67.2 Å². The molecule has 0 fully saturated rings. The lowest BCUT2D eigenvalue weighted by atomic mass is 9.71. The van der Waals surface area contributed by atoms with Crippen molar-refractivity contribution in [2.75, 3.05) is 9.80 Å². The molecule has 0 radical (unpaired) electrons. The zero-order valence-electron chi connectivity index (χ0n) is 33.0. The summed E-state index contributed by atoms with van der Waals surface area (Å²) in [4.78, 5) is 16.5. The second-order valence-corrected chi connectivity index (χ2v) is 15.2. The third-order valence-electron chi connectivity index (χ3n) is 10.3. The predicted molar refractivity (Wildman–Crippen MR) is 228 cm³/mol. The number of hydrogen-bond donors (Lipinski definition) is 0. The first-order valence-electron chi connectivity index (χ1n) is 18.8. The molecule has 1 atom stereocenters. The molecule has 54 heavy (non-hydrogen) atoms. The Morgan fingerprint density at radius 2 is 0.963 bits per heavy atom. The van der Waals surface area contributed by atoms with Gasteiger partial charge in [-0.3, -0.25) is 0 Å². The minimum Gasteiger partial charge on any atom is -0.423 e. The number of ether oxygens (including phenoxy) is 1. The van der Waals surface area contributed by atoms with Crippen molar-refractivity contribution in [3.05, 3.63) is 185 Å². The van der Waals surface area contributed by atoms with Gasteiger partial charge in [-0.25, -0.2) is 4.79 Å². The number of carbonyl (C=O) groups is 1. The van der Waals surface area contributed by atoms with E-state index in [0.717, 1.165) is 34.9 Å². The standard InChI is InChI=1S/C50H52N2O2/c1-10-49(53)54-46-27-25-45(26-28-46)52(48-30-14-37(6)32-39(48)8)44-23-17-41(18-24-44)50(9,33-34(2)3)40-15-21-43(22-16-40)51(42-19-11-35(4)12-20-42)47-29-13-36(5)31-38(47)7/h10-32,34H,1,33H2,2-9H3. The van der Waals surface area contributed by atoms with Gasteiger partial charge in [-0.15, -0.1) is 0 Å². The molecular weight excluding hydrogens is 661 g/mol. The van der Waals surface area contributed by atoms with Crippen molar-refractivity contribution < 1.29 is 9.53 Å². The molecule has 4 nitrogen and oxygen atoms in total. The van der Waals surface area contributed by atoms with Crippen LogP contribution in [0.5, 0.6) is 5.75 Å². The van der Waals surface area contributed by atoms with E-state index in [-0.39, 0.29) is 5.41 Å². The summed E-state index contributed by atoms with van der Waals surface area (Å²) in [5.41, 5.74) is 15.0. The molecule has 6 aromatic rings. The van der Waals surface area contributed by atoms with Crippen LogP contribution in [0.15, 0.2) is 146 Å². The predicted octanol–water partition coefficient (Wildman–Crippen LogP) is 13.6. The lowest BCUT2D eigenvalue weighted by molar-refractivity contribution is -0.128. The van der Waals surface area contributed by atoms with Gasteiger partial charge >= 0.3 is 5.97 Å². The van der Waals surface area contributed by atoms with E-state index in [2.05, 4.69) is 181 Å². The van der Waals surface area contributed by atoms with Crippen molar-refractivity contribution in [3.63, 3.8) is 0 Å². The first-order valence-corrected chi connectivity index (χ1v) is 18.8. The summed E-state index contributed by atoms with van der Waals surface area (Å²) in [6.45, 7) is 21.2. The van der Waals surface area contributed by atoms with E-state index in [1.54, 1.807) is 0 Å². The van der Waals surface area contributed by atoms with Gasteiger partial charge in [-0.2, -0.15) is 0 Å². The molecule has 0 bridgehead atoms. The summed E-state index contributed by atoms with van der Waals surface area (Å²) in [5, 5.41) is 0. The number of carbonyl (C=O) groups excluding carboxylic acids is 1. The average Bonchev–Trinajstić information content (AvgIpc) is 3.15. The fourth-order valence-electron chi connectivity index (χ4n) is 7.66. The quantitative estimate of drug-likeness (QED) is 0.0718. The molecule has 4 heteroatoms. The minimum absolute atomic E-state index is 0.221. The second-order valence-electron chi connectivity index (χ2n) is 15.2. The number of benzene rings is 6. The summed E-state index contributed by atoms with van der Waals surface area (Å²) < 4.78 is 5.38. The number of esters is 1. The molecule has 1 unspecified atom stereocenters. The molecular formula is C50H52N2O2. The molecule has 0 spiro atoms. The first kappa shape index (κ1) is 37.9. The molecule has 0 aliphatic carbocycles. The highest BCUT2D eigenvalue weighted by atomic mass is 16.5. The van der Waals surface area contributed by atoms with Crippen LogP contribution in [0.3, 0.4) is 0 Å². The molecule has 0 aromatic heterocycles. The molecule has 0 N–H and O–H groups in total. The number of rotatable bonds is 12. The minimum atomic E-state index is -0.478. The molecule has 6 aromatic carbocycles. The van der Waals surface area contributed by atoms with Crippen molar-refractivity contribution in [1.82, 2.24) is 0 Å². The zero-order chi connectivity index (χ0) is 38.6. The van der Waals surface area contributed by atoms with Crippen LogP contribution >= 0.6 is 0 Å². The molecule has 0 saturated carbocycles. The van der Waals surface area contributed by atoms with E-state index in [0.29, 0.717) is 11.7 Å². The van der Waals surface area contributed by atoms with Crippen molar-refractivity contribution in [2.24, 2.45) is 5.92 Å². The van der Waals surface area contributed by atoms with Gasteiger partial charge in [-0.05, 0) is 142 Å². The number of anilines is 6. The van der Waals surface area contributed by atoms with Gasteiger partial charge in [0.1, 0.15) is 5.75 Å². The van der Waals surface area contributed by atoms with Gasteiger partial charge in [-0.1, -0.05) is 105 Å². The summed E-state index contributed by atoms with van der Waals surface area (Å²) in [5.74, 6) is 0.480.